The van der Waals surface area contributed by atoms with Gasteiger partial charge in [0, 0.05) is 24.8 Å². The second-order valence-electron chi connectivity index (χ2n) is 10.8. The summed E-state index contributed by atoms with van der Waals surface area (Å²) in [6.45, 7) is 12.4. The van der Waals surface area contributed by atoms with Crippen molar-refractivity contribution in [3.8, 4) is 5.75 Å². The zero-order valence-corrected chi connectivity index (χ0v) is 23.3. The van der Waals surface area contributed by atoms with Gasteiger partial charge in [-0.05, 0) is 78.1 Å². The third kappa shape index (κ3) is 6.71. The summed E-state index contributed by atoms with van der Waals surface area (Å²) < 4.78 is 26.9. The maximum Gasteiger partial charge on any atom is 0.410 e. The van der Waals surface area contributed by atoms with E-state index in [4.69, 9.17) is 20.3 Å². The molecule has 1 aliphatic rings. The molecule has 11 heteroatoms. The number of carbonyl (C=O) groups excluding carboxylic acids is 1. The van der Waals surface area contributed by atoms with Crippen molar-refractivity contribution in [2.45, 2.75) is 72.1 Å². The number of likely N-dealkylation sites (tertiary alicyclic amines) is 1. The first-order valence-electron chi connectivity index (χ1n) is 13.0. The van der Waals surface area contributed by atoms with E-state index in [1.54, 1.807) is 21.7 Å². The molecule has 0 aromatic carbocycles. The summed E-state index contributed by atoms with van der Waals surface area (Å²) in [6.07, 6.45) is 5.44. The number of aromatic nitrogens is 3. The molecular weight excluding hydrogens is 501 g/mol. The Morgan fingerprint density at radius 2 is 1.95 bits per heavy atom. The number of nitrogens with two attached hydrogens (primary N) is 1. The first-order chi connectivity index (χ1) is 18.4. The summed E-state index contributed by atoms with van der Waals surface area (Å²) in [4.78, 5) is 23.2. The van der Waals surface area contributed by atoms with Crippen molar-refractivity contribution in [2.24, 2.45) is 15.9 Å². The number of halogens is 1. The topological polar surface area (TPSA) is 120 Å². The number of hydrogen-bond donors (Lipinski definition) is 1. The number of amides is 1. The number of aryl methyl sites for hydroxylation is 1. The van der Waals surface area contributed by atoms with Crippen molar-refractivity contribution in [1.82, 2.24) is 19.5 Å². The second kappa shape index (κ2) is 11.4. The fourth-order valence-corrected chi connectivity index (χ4v) is 4.55. The lowest BCUT2D eigenvalue weighted by Gasteiger charge is -2.32. The molecule has 1 saturated heterocycles. The Kier molecular flexibility index (Phi) is 8.17. The number of pyridine rings is 2. The Bertz CT molecular complexity index is 1380. The van der Waals surface area contributed by atoms with Crippen LogP contribution < -0.4 is 10.6 Å². The van der Waals surface area contributed by atoms with E-state index < -0.39 is 17.5 Å². The van der Waals surface area contributed by atoms with E-state index in [2.05, 4.69) is 15.2 Å². The van der Waals surface area contributed by atoms with Gasteiger partial charge in [0.15, 0.2) is 0 Å². The van der Waals surface area contributed by atoms with Gasteiger partial charge in [0.05, 0.1) is 29.8 Å². The van der Waals surface area contributed by atoms with Crippen LogP contribution in [0, 0.1) is 12.7 Å². The van der Waals surface area contributed by atoms with Crippen LogP contribution in [-0.2, 0) is 4.74 Å². The predicted molar refractivity (Wildman–Crippen MR) is 148 cm³/mol. The molecule has 0 aliphatic carbocycles. The summed E-state index contributed by atoms with van der Waals surface area (Å²) >= 11 is 0. The van der Waals surface area contributed by atoms with Gasteiger partial charge in [-0.25, -0.2) is 13.7 Å². The maximum absolute atomic E-state index is 13.4. The van der Waals surface area contributed by atoms with Gasteiger partial charge in [-0.15, -0.1) is 0 Å². The second-order valence-corrected chi connectivity index (χ2v) is 10.8. The number of fused-ring (bicyclic) bond motifs is 1. The van der Waals surface area contributed by atoms with Gasteiger partial charge in [-0.2, -0.15) is 10.2 Å². The minimum atomic E-state index is -0.528. The van der Waals surface area contributed by atoms with Crippen molar-refractivity contribution < 1.29 is 18.7 Å². The van der Waals surface area contributed by atoms with Gasteiger partial charge in [0.2, 0.25) is 0 Å². The first kappa shape index (κ1) is 28.0. The quantitative estimate of drug-likeness (QED) is 0.273. The Hall–Kier alpha value is -4.02. The number of piperidine rings is 1. The molecule has 10 nitrogen and oxygen atoms in total. The fraction of sp³-hybridized carbons (Fsp3) is 0.464. The summed E-state index contributed by atoms with van der Waals surface area (Å²) in [5, 5.41) is 8.52. The largest absolute Gasteiger partial charge is 0.482 e. The maximum atomic E-state index is 13.4. The van der Waals surface area contributed by atoms with Crippen molar-refractivity contribution in [3.63, 3.8) is 0 Å². The SMILES string of the molecule is CC(=NC1CCN(C(=O)OC(C)(C)C)CC1)/C(=N\N)c1cc(OC(C)c2ccc(F)cn2)c2c(C)cnn2c1. The number of nitrogens with zero attached hydrogens (tertiary/aromatic N) is 6. The molecule has 1 fully saturated rings. The zero-order valence-electron chi connectivity index (χ0n) is 23.3. The molecule has 3 aromatic rings. The molecule has 4 rings (SSSR count). The van der Waals surface area contributed by atoms with Gasteiger partial charge in [0.25, 0.3) is 0 Å². The average molecular weight is 538 g/mol. The summed E-state index contributed by atoms with van der Waals surface area (Å²) in [5.74, 6) is 6.02. The van der Waals surface area contributed by atoms with Crippen LogP contribution in [0.1, 0.15) is 70.4 Å². The number of hydrazone groups is 1. The normalized spacial score (nSPS) is 16.4. The third-order valence-electron chi connectivity index (χ3n) is 6.47. The zero-order chi connectivity index (χ0) is 28.3. The van der Waals surface area contributed by atoms with E-state index in [1.165, 1.54) is 12.3 Å². The van der Waals surface area contributed by atoms with Crippen molar-refractivity contribution in [2.75, 3.05) is 13.1 Å². The number of ether oxygens (including phenoxy) is 2. The standard InChI is InChI=1S/C28H36FN7O3/c1-17-14-32-36-16-20(13-24(26(17)36)38-19(3)23-8-7-21(29)15-31-23)25(34-30)18(2)33-22-9-11-35(12-10-22)27(37)39-28(4,5)6/h7-8,13-16,19,22H,9-12,30H2,1-6H3/b33-18?,34-25+. The van der Waals surface area contributed by atoms with Gasteiger partial charge in [0.1, 0.15) is 34.5 Å². The number of rotatable bonds is 6. The van der Waals surface area contributed by atoms with Crippen LogP contribution in [0.2, 0.25) is 0 Å². The molecular formula is C28H36FN7O3. The number of carbonyl (C=O) groups is 1. The molecule has 4 heterocycles. The molecule has 0 saturated carbocycles. The van der Waals surface area contributed by atoms with Crippen LogP contribution >= 0.6 is 0 Å². The Morgan fingerprint density at radius 3 is 2.56 bits per heavy atom. The van der Waals surface area contributed by atoms with E-state index in [-0.39, 0.29) is 12.1 Å². The molecule has 0 radical (unpaired) electrons. The van der Waals surface area contributed by atoms with Crippen LogP contribution in [0.5, 0.6) is 5.75 Å². The highest BCUT2D eigenvalue weighted by Crippen LogP contribution is 2.29. The highest BCUT2D eigenvalue weighted by molar-refractivity contribution is 6.47. The van der Waals surface area contributed by atoms with E-state index in [1.807, 2.05) is 53.8 Å². The lowest BCUT2D eigenvalue weighted by Crippen LogP contribution is -2.42. The molecule has 39 heavy (non-hydrogen) atoms. The minimum absolute atomic E-state index is 0.0245. The molecule has 2 N–H and O–H groups in total. The van der Waals surface area contributed by atoms with Crippen LogP contribution in [0.4, 0.5) is 9.18 Å². The fourth-order valence-electron chi connectivity index (χ4n) is 4.55. The van der Waals surface area contributed by atoms with Gasteiger partial charge in [-0.1, -0.05) is 0 Å². The highest BCUT2D eigenvalue weighted by Gasteiger charge is 2.27. The molecule has 1 unspecified atom stereocenters. The van der Waals surface area contributed by atoms with Crippen molar-refractivity contribution >= 4 is 23.0 Å². The highest BCUT2D eigenvalue weighted by atomic mass is 19.1. The lowest BCUT2D eigenvalue weighted by atomic mass is 10.0. The van der Waals surface area contributed by atoms with Gasteiger partial charge >= 0.3 is 6.09 Å². The van der Waals surface area contributed by atoms with Crippen LogP contribution in [0.15, 0.2) is 46.9 Å². The van der Waals surface area contributed by atoms with Crippen molar-refractivity contribution in [3.05, 3.63) is 59.4 Å². The van der Waals surface area contributed by atoms with E-state index in [0.717, 1.165) is 11.1 Å². The summed E-state index contributed by atoms with van der Waals surface area (Å²) in [5.41, 5.74) is 3.68. The van der Waals surface area contributed by atoms with Crippen LogP contribution in [0.3, 0.4) is 0 Å². The summed E-state index contributed by atoms with van der Waals surface area (Å²) in [7, 11) is 0. The van der Waals surface area contributed by atoms with Crippen molar-refractivity contribution in [1.29, 1.82) is 0 Å². The molecule has 0 bridgehead atoms. The molecule has 0 spiro atoms. The Morgan fingerprint density at radius 1 is 1.23 bits per heavy atom. The minimum Gasteiger partial charge on any atom is -0.482 e. The third-order valence-corrected chi connectivity index (χ3v) is 6.47. The molecule has 208 valence electrons. The lowest BCUT2D eigenvalue weighted by molar-refractivity contribution is 0.0207. The van der Waals surface area contributed by atoms with E-state index >= 15 is 0 Å². The first-order valence-corrected chi connectivity index (χ1v) is 13.0. The molecule has 3 aromatic heterocycles. The summed E-state index contributed by atoms with van der Waals surface area (Å²) in [6, 6.07) is 4.84. The van der Waals surface area contributed by atoms with Crippen LogP contribution in [-0.4, -0.2) is 61.7 Å². The van der Waals surface area contributed by atoms with E-state index in [0.29, 0.717) is 54.4 Å². The van der Waals surface area contributed by atoms with Gasteiger partial charge < -0.3 is 20.2 Å². The average Bonchev–Trinajstić information content (AvgIpc) is 3.25. The molecule has 1 amide bonds. The van der Waals surface area contributed by atoms with Crippen LogP contribution in [0.25, 0.3) is 5.52 Å². The smallest absolute Gasteiger partial charge is 0.410 e. The molecule has 1 aliphatic heterocycles. The Labute approximate surface area is 227 Å². The number of hydrogen-bond acceptors (Lipinski definition) is 8. The number of aliphatic imine (C=N–C) groups is 1. The Balaban J connectivity index is 1.54. The monoisotopic (exact) mass is 537 g/mol. The predicted octanol–water partition coefficient (Wildman–Crippen LogP) is 4.84. The van der Waals surface area contributed by atoms with E-state index in [9.17, 15) is 9.18 Å². The van der Waals surface area contributed by atoms with Gasteiger partial charge in [-0.3, -0.25) is 9.98 Å². The molecule has 1 atom stereocenters.